The van der Waals surface area contributed by atoms with Gasteiger partial charge < -0.3 is 10.0 Å². The number of aromatic hydroxyl groups is 1. The van der Waals surface area contributed by atoms with Gasteiger partial charge in [0.25, 0.3) is 11.6 Å². The van der Waals surface area contributed by atoms with Crippen molar-refractivity contribution in [1.82, 2.24) is 4.90 Å². The zero-order valence-corrected chi connectivity index (χ0v) is 10.8. The molecule has 1 N–H and O–H groups in total. The van der Waals surface area contributed by atoms with Crippen molar-refractivity contribution in [2.24, 2.45) is 5.92 Å². The van der Waals surface area contributed by atoms with Crippen LogP contribution in [0.4, 0.5) is 5.69 Å². The topological polar surface area (TPSA) is 83.7 Å². The van der Waals surface area contributed by atoms with Gasteiger partial charge in [-0.2, -0.15) is 0 Å². The van der Waals surface area contributed by atoms with Crippen LogP contribution in [-0.2, 0) is 0 Å². The highest BCUT2D eigenvalue weighted by atomic mass is 16.6. The van der Waals surface area contributed by atoms with E-state index in [-0.39, 0.29) is 23.5 Å². The third kappa shape index (κ3) is 3.06. The van der Waals surface area contributed by atoms with E-state index in [4.69, 9.17) is 6.42 Å². The number of amides is 1. The highest BCUT2D eigenvalue weighted by Gasteiger charge is 2.28. The normalized spacial score (nSPS) is 13.6. The Balaban J connectivity index is 2.27. The van der Waals surface area contributed by atoms with Gasteiger partial charge in [-0.25, -0.2) is 0 Å². The fourth-order valence-electron chi connectivity index (χ4n) is 1.92. The molecule has 1 aliphatic rings. The van der Waals surface area contributed by atoms with Crippen LogP contribution in [0.2, 0.25) is 0 Å². The molecule has 0 atom stereocenters. The van der Waals surface area contributed by atoms with Crippen LogP contribution in [0.3, 0.4) is 0 Å². The smallest absolute Gasteiger partial charge is 0.270 e. The molecule has 20 heavy (non-hydrogen) atoms. The lowest BCUT2D eigenvalue weighted by Crippen LogP contribution is -2.33. The van der Waals surface area contributed by atoms with Crippen molar-refractivity contribution >= 4 is 11.6 Å². The van der Waals surface area contributed by atoms with Crippen LogP contribution < -0.4 is 0 Å². The van der Waals surface area contributed by atoms with Crippen LogP contribution in [0, 0.1) is 28.4 Å². The molecule has 2 rings (SSSR count). The van der Waals surface area contributed by atoms with E-state index in [1.165, 1.54) is 4.90 Å². The molecule has 0 spiro atoms. The number of rotatable bonds is 5. The van der Waals surface area contributed by atoms with Crippen LogP contribution >= 0.6 is 0 Å². The maximum atomic E-state index is 12.3. The first kappa shape index (κ1) is 13.9. The largest absolute Gasteiger partial charge is 0.507 e. The summed E-state index contributed by atoms with van der Waals surface area (Å²) in [5.74, 6) is 2.08. The number of carbonyl (C=O) groups is 1. The zero-order valence-electron chi connectivity index (χ0n) is 10.8. The summed E-state index contributed by atoms with van der Waals surface area (Å²) in [4.78, 5) is 23.9. The first-order valence-corrected chi connectivity index (χ1v) is 6.23. The predicted octanol–water partition coefficient (Wildman–Crippen LogP) is 1.79. The van der Waals surface area contributed by atoms with Gasteiger partial charge in [0.1, 0.15) is 5.75 Å². The van der Waals surface area contributed by atoms with Gasteiger partial charge in [-0.15, -0.1) is 6.42 Å². The van der Waals surface area contributed by atoms with Crippen molar-refractivity contribution in [3.8, 4) is 18.1 Å². The fourth-order valence-corrected chi connectivity index (χ4v) is 1.92. The number of benzene rings is 1. The molecule has 0 heterocycles. The zero-order chi connectivity index (χ0) is 14.7. The average molecular weight is 274 g/mol. The second-order valence-corrected chi connectivity index (χ2v) is 4.79. The molecule has 1 aromatic rings. The maximum absolute atomic E-state index is 12.3. The molecule has 1 aliphatic carbocycles. The monoisotopic (exact) mass is 274 g/mol. The number of nitrogens with zero attached hydrogens (tertiary/aromatic N) is 2. The Kier molecular flexibility index (Phi) is 3.89. The molecule has 0 unspecified atom stereocenters. The Morgan fingerprint density at radius 2 is 2.25 bits per heavy atom. The molecule has 104 valence electrons. The average Bonchev–Trinajstić information content (AvgIpc) is 3.21. The highest BCUT2D eigenvalue weighted by molar-refractivity contribution is 5.97. The van der Waals surface area contributed by atoms with Crippen molar-refractivity contribution in [1.29, 1.82) is 0 Å². The van der Waals surface area contributed by atoms with Crippen LogP contribution in [0.15, 0.2) is 18.2 Å². The molecule has 1 saturated carbocycles. The standard InChI is InChI=1S/C14H14N2O4/c1-2-7-15(9-10-3-4-10)14(18)12-8-11(16(19)20)5-6-13(12)17/h1,5-6,8,10,17H,3-4,7,9H2. The number of phenols is 1. The summed E-state index contributed by atoms with van der Waals surface area (Å²) in [7, 11) is 0. The summed E-state index contributed by atoms with van der Waals surface area (Å²) < 4.78 is 0. The van der Waals surface area contributed by atoms with Gasteiger partial charge >= 0.3 is 0 Å². The number of carbonyl (C=O) groups excluding carboxylic acids is 1. The van der Waals surface area contributed by atoms with Crippen LogP contribution in [-0.4, -0.2) is 33.9 Å². The minimum absolute atomic E-state index is 0.0879. The number of nitro groups is 1. The quantitative estimate of drug-likeness (QED) is 0.504. The Morgan fingerprint density at radius 3 is 2.80 bits per heavy atom. The van der Waals surface area contributed by atoms with Crippen molar-refractivity contribution in [2.75, 3.05) is 13.1 Å². The predicted molar refractivity (Wildman–Crippen MR) is 72.2 cm³/mol. The third-order valence-corrected chi connectivity index (χ3v) is 3.17. The molecule has 6 heteroatoms. The lowest BCUT2D eigenvalue weighted by Gasteiger charge is -2.20. The fraction of sp³-hybridized carbons (Fsp3) is 0.357. The first-order chi connectivity index (χ1) is 9.52. The van der Waals surface area contributed by atoms with Crippen molar-refractivity contribution in [2.45, 2.75) is 12.8 Å². The van der Waals surface area contributed by atoms with E-state index < -0.39 is 10.8 Å². The Hall–Kier alpha value is -2.55. The van der Waals surface area contributed by atoms with E-state index in [2.05, 4.69) is 5.92 Å². The second-order valence-electron chi connectivity index (χ2n) is 4.79. The van der Waals surface area contributed by atoms with Gasteiger partial charge in [-0.3, -0.25) is 14.9 Å². The summed E-state index contributed by atoms with van der Waals surface area (Å²) in [6.45, 7) is 0.641. The molecule has 6 nitrogen and oxygen atoms in total. The van der Waals surface area contributed by atoms with Gasteiger partial charge in [-0.05, 0) is 24.8 Å². The minimum Gasteiger partial charge on any atom is -0.507 e. The molecular weight excluding hydrogens is 260 g/mol. The number of terminal acetylenes is 1. The Morgan fingerprint density at radius 1 is 1.55 bits per heavy atom. The van der Waals surface area contributed by atoms with Crippen molar-refractivity contribution in [3.63, 3.8) is 0 Å². The lowest BCUT2D eigenvalue weighted by atomic mass is 10.1. The Labute approximate surface area is 116 Å². The van der Waals surface area contributed by atoms with Crippen LogP contribution in [0.5, 0.6) is 5.75 Å². The van der Waals surface area contributed by atoms with Gasteiger partial charge in [0.05, 0.1) is 17.0 Å². The molecule has 0 radical (unpaired) electrons. The van der Waals surface area contributed by atoms with Crippen LogP contribution in [0.25, 0.3) is 0 Å². The number of non-ortho nitro benzene ring substituents is 1. The Bertz CT molecular complexity index is 587. The maximum Gasteiger partial charge on any atom is 0.270 e. The van der Waals surface area contributed by atoms with Gasteiger partial charge in [-0.1, -0.05) is 5.92 Å². The number of phenolic OH excluding ortho intramolecular Hbond substituents is 1. The minimum atomic E-state index is -0.609. The van der Waals surface area contributed by atoms with E-state index in [0.717, 1.165) is 31.0 Å². The highest BCUT2D eigenvalue weighted by Crippen LogP contribution is 2.31. The van der Waals surface area contributed by atoms with Crippen LogP contribution in [0.1, 0.15) is 23.2 Å². The summed E-state index contributed by atoms with van der Waals surface area (Å²) in [6.07, 6.45) is 7.34. The summed E-state index contributed by atoms with van der Waals surface area (Å²) in [5.41, 5.74) is -0.326. The number of hydrogen-bond donors (Lipinski definition) is 1. The summed E-state index contributed by atoms with van der Waals surface area (Å²) in [6, 6.07) is 3.38. The van der Waals surface area contributed by atoms with E-state index in [1.54, 1.807) is 0 Å². The third-order valence-electron chi connectivity index (χ3n) is 3.17. The van der Waals surface area contributed by atoms with Gasteiger partial charge in [0.2, 0.25) is 0 Å². The molecule has 0 bridgehead atoms. The molecule has 0 saturated heterocycles. The summed E-state index contributed by atoms with van der Waals surface area (Å²) >= 11 is 0. The van der Waals surface area contributed by atoms with Gasteiger partial charge in [0.15, 0.2) is 0 Å². The SMILES string of the molecule is C#CCN(CC1CC1)C(=O)c1cc([N+](=O)[O-])ccc1O. The summed E-state index contributed by atoms with van der Waals surface area (Å²) in [5, 5.41) is 20.5. The van der Waals surface area contributed by atoms with E-state index in [9.17, 15) is 20.0 Å². The van der Waals surface area contributed by atoms with Crippen molar-refractivity contribution < 1.29 is 14.8 Å². The van der Waals surface area contributed by atoms with E-state index >= 15 is 0 Å². The first-order valence-electron chi connectivity index (χ1n) is 6.23. The number of nitro benzene ring substituents is 1. The molecule has 1 amide bonds. The number of hydrogen-bond acceptors (Lipinski definition) is 4. The molecule has 0 aliphatic heterocycles. The second kappa shape index (κ2) is 5.61. The lowest BCUT2D eigenvalue weighted by molar-refractivity contribution is -0.384. The molecular formula is C14H14N2O4. The molecule has 1 fully saturated rings. The molecule has 1 aromatic carbocycles. The molecule has 0 aromatic heterocycles. The van der Waals surface area contributed by atoms with Crippen molar-refractivity contribution in [3.05, 3.63) is 33.9 Å². The van der Waals surface area contributed by atoms with E-state index in [1.807, 2.05) is 0 Å². The van der Waals surface area contributed by atoms with Gasteiger partial charge in [0, 0.05) is 18.7 Å². The van der Waals surface area contributed by atoms with E-state index in [0.29, 0.717) is 12.5 Å².